The van der Waals surface area contributed by atoms with Crippen molar-refractivity contribution in [2.75, 3.05) is 0 Å². The highest BCUT2D eigenvalue weighted by atomic mass is 15.0. The molecule has 0 radical (unpaired) electrons. The molecule has 0 atom stereocenters. The molecule has 0 aromatic heterocycles. The van der Waals surface area contributed by atoms with Crippen molar-refractivity contribution in [3.05, 3.63) is 0 Å². The average Bonchev–Trinajstić information content (AvgIpc) is 1.81. The SMILES string of the molecule is CC1CC(NC2CC(C)C2)C1. The molecule has 0 bridgehead atoms. The van der Waals surface area contributed by atoms with Gasteiger partial charge in [-0.3, -0.25) is 0 Å². The van der Waals surface area contributed by atoms with Gasteiger partial charge in [0.25, 0.3) is 0 Å². The third kappa shape index (κ3) is 1.58. The van der Waals surface area contributed by atoms with E-state index in [0.717, 1.165) is 23.9 Å². The summed E-state index contributed by atoms with van der Waals surface area (Å²) in [6, 6.07) is 1.75. The fraction of sp³-hybridized carbons (Fsp3) is 1.00. The summed E-state index contributed by atoms with van der Waals surface area (Å²) in [5.74, 6) is 1.98. The molecule has 1 N–H and O–H groups in total. The summed E-state index contributed by atoms with van der Waals surface area (Å²) in [6.45, 7) is 4.70. The van der Waals surface area contributed by atoms with Crippen molar-refractivity contribution in [3.8, 4) is 0 Å². The normalized spacial score (nSPS) is 49.6. The lowest BCUT2D eigenvalue weighted by Gasteiger charge is -2.42. The monoisotopic (exact) mass is 153 g/mol. The van der Waals surface area contributed by atoms with Crippen LogP contribution in [0.15, 0.2) is 0 Å². The molecule has 1 heteroatoms. The Morgan fingerprint density at radius 3 is 1.45 bits per heavy atom. The predicted molar refractivity (Wildman–Crippen MR) is 47.5 cm³/mol. The Labute approximate surface area is 69.6 Å². The first kappa shape index (κ1) is 7.60. The van der Waals surface area contributed by atoms with Crippen molar-refractivity contribution in [1.82, 2.24) is 5.32 Å². The van der Waals surface area contributed by atoms with Gasteiger partial charge in [-0.1, -0.05) is 13.8 Å². The fourth-order valence-corrected chi connectivity index (χ4v) is 2.41. The van der Waals surface area contributed by atoms with Crippen molar-refractivity contribution in [2.24, 2.45) is 11.8 Å². The summed E-state index contributed by atoms with van der Waals surface area (Å²) in [6.07, 6.45) is 5.69. The zero-order valence-corrected chi connectivity index (χ0v) is 7.64. The molecule has 64 valence electrons. The first-order valence-electron chi connectivity index (χ1n) is 5.00. The fourth-order valence-electron chi connectivity index (χ4n) is 2.41. The number of hydrogen-bond acceptors (Lipinski definition) is 1. The van der Waals surface area contributed by atoms with Crippen LogP contribution < -0.4 is 5.32 Å². The molecule has 11 heavy (non-hydrogen) atoms. The Morgan fingerprint density at radius 2 is 1.18 bits per heavy atom. The van der Waals surface area contributed by atoms with Crippen molar-refractivity contribution in [3.63, 3.8) is 0 Å². The molecule has 2 aliphatic rings. The molecule has 1 nitrogen and oxygen atoms in total. The van der Waals surface area contributed by atoms with Crippen LogP contribution in [0.5, 0.6) is 0 Å². The Kier molecular flexibility index (Phi) is 1.92. The standard InChI is InChI=1S/C10H19N/c1-7-3-9(4-7)11-10-5-8(2)6-10/h7-11H,3-6H2,1-2H3. The van der Waals surface area contributed by atoms with Gasteiger partial charge in [0, 0.05) is 12.1 Å². The van der Waals surface area contributed by atoms with Gasteiger partial charge in [-0.2, -0.15) is 0 Å². The molecule has 0 saturated heterocycles. The highest BCUT2D eigenvalue weighted by Gasteiger charge is 2.31. The Morgan fingerprint density at radius 1 is 0.818 bits per heavy atom. The minimum atomic E-state index is 0.877. The van der Waals surface area contributed by atoms with E-state index in [2.05, 4.69) is 19.2 Å². The summed E-state index contributed by atoms with van der Waals surface area (Å²) < 4.78 is 0. The molecule has 0 unspecified atom stereocenters. The first-order valence-corrected chi connectivity index (χ1v) is 5.00. The van der Waals surface area contributed by atoms with Crippen LogP contribution >= 0.6 is 0 Å². The van der Waals surface area contributed by atoms with Gasteiger partial charge >= 0.3 is 0 Å². The lowest BCUT2D eigenvalue weighted by Crippen LogP contribution is -2.50. The van der Waals surface area contributed by atoms with Crippen molar-refractivity contribution < 1.29 is 0 Å². The lowest BCUT2D eigenvalue weighted by molar-refractivity contribution is 0.159. The summed E-state index contributed by atoms with van der Waals surface area (Å²) in [4.78, 5) is 0. The zero-order chi connectivity index (χ0) is 7.84. The van der Waals surface area contributed by atoms with Crippen molar-refractivity contribution in [1.29, 1.82) is 0 Å². The zero-order valence-electron chi connectivity index (χ0n) is 7.64. The average molecular weight is 153 g/mol. The minimum absolute atomic E-state index is 0.877. The van der Waals surface area contributed by atoms with Crippen LogP contribution in [0.4, 0.5) is 0 Å². The van der Waals surface area contributed by atoms with Crippen LogP contribution in [0.1, 0.15) is 39.5 Å². The van der Waals surface area contributed by atoms with Crippen LogP contribution in [0, 0.1) is 11.8 Å². The van der Waals surface area contributed by atoms with Crippen LogP contribution in [0.3, 0.4) is 0 Å². The topological polar surface area (TPSA) is 12.0 Å². The first-order chi connectivity index (χ1) is 5.24. The highest BCUT2D eigenvalue weighted by Crippen LogP contribution is 2.32. The van der Waals surface area contributed by atoms with Gasteiger partial charge < -0.3 is 5.32 Å². The van der Waals surface area contributed by atoms with E-state index in [1.54, 1.807) is 0 Å². The summed E-state index contributed by atoms with van der Waals surface area (Å²) in [7, 11) is 0. The second kappa shape index (κ2) is 2.78. The maximum atomic E-state index is 3.71. The van der Waals surface area contributed by atoms with Gasteiger partial charge in [0.15, 0.2) is 0 Å². The van der Waals surface area contributed by atoms with E-state index in [-0.39, 0.29) is 0 Å². The quantitative estimate of drug-likeness (QED) is 0.641. The Bertz CT molecular complexity index is 116. The molecule has 0 amide bonds. The molecule has 0 aliphatic heterocycles. The second-order valence-corrected chi connectivity index (χ2v) is 4.71. The van der Waals surface area contributed by atoms with E-state index in [0.29, 0.717) is 0 Å². The smallest absolute Gasteiger partial charge is 0.00747 e. The van der Waals surface area contributed by atoms with E-state index >= 15 is 0 Å². The third-order valence-corrected chi connectivity index (χ3v) is 3.22. The molecule has 0 aromatic rings. The van der Waals surface area contributed by atoms with E-state index in [1.807, 2.05) is 0 Å². The molecular formula is C10H19N. The van der Waals surface area contributed by atoms with E-state index in [9.17, 15) is 0 Å². The molecule has 2 rings (SSSR count). The largest absolute Gasteiger partial charge is 0.311 e. The maximum Gasteiger partial charge on any atom is 0.00747 e. The second-order valence-electron chi connectivity index (χ2n) is 4.71. The predicted octanol–water partition coefficient (Wildman–Crippen LogP) is 2.17. The molecule has 0 aromatic carbocycles. The van der Waals surface area contributed by atoms with Crippen molar-refractivity contribution in [2.45, 2.75) is 51.6 Å². The Hall–Kier alpha value is -0.0400. The van der Waals surface area contributed by atoms with Crippen LogP contribution in [0.25, 0.3) is 0 Å². The molecular weight excluding hydrogens is 134 g/mol. The number of nitrogens with one attached hydrogen (secondary N) is 1. The van der Waals surface area contributed by atoms with Gasteiger partial charge in [0.2, 0.25) is 0 Å². The summed E-state index contributed by atoms with van der Waals surface area (Å²) in [5, 5.41) is 3.71. The molecule has 2 saturated carbocycles. The van der Waals surface area contributed by atoms with Gasteiger partial charge in [-0.05, 0) is 37.5 Å². The Balaban J connectivity index is 1.61. The summed E-state index contributed by atoms with van der Waals surface area (Å²) in [5.41, 5.74) is 0. The van der Waals surface area contributed by atoms with E-state index in [4.69, 9.17) is 0 Å². The molecule has 2 fully saturated rings. The molecule has 0 heterocycles. The van der Waals surface area contributed by atoms with Crippen LogP contribution in [-0.2, 0) is 0 Å². The maximum absolute atomic E-state index is 3.71. The van der Waals surface area contributed by atoms with Gasteiger partial charge in [-0.15, -0.1) is 0 Å². The van der Waals surface area contributed by atoms with Gasteiger partial charge in [0.1, 0.15) is 0 Å². The van der Waals surface area contributed by atoms with E-state index < -0.39 is 0 Å². The van der Waals surface area contributed by atoms with Crippen molar-refractivity contribution >= 4 is 0 Å². The third-order valence-electron chi connectivity index (χ3n) is 3.22. The van der Waals surface area contributed by atoms with Crippen LogP contribution in [0.2, 0.25) is 0 Å². The number of hydrogen-bond donors (Lipinski definition) is 1. The summed E-state index contributed by atoms with van der Waals surface area (Å²) >= 11 is 0. The molecule has 0 spiro atoms. The number of rotatable bonds is 2. The molecule has 2 aliphatic carbocycles. The minimum Gasteiger partial charge on any atom is -0.311 e. The highest BCUT2D eigenvalue weighted by molar-refractivity contribution is 4.90. The van der Waals surface area contributed by atoms with Crippen LogP contribution in [-0.4, -0.2) is 12.1 Å². The van der Waals surface area contributed by atoms with Gasteiger partial charge in [0.05, 0.1) is 0 Å². The lowest BCUT2D eigenvalue weighted by atomic mass is 9.77. The van der Waals surface area contributed by atoms with E-state index in [1.165, 1.54) is 25.7 Å². The van der Waals surface area contributed by atoms with Gasteiger partial charge in [-0.25, -0.2) is 0 Å².